The van der Waals surface area contributed by atoms with Gasteiger partial charge in [-0.05, 0) is 25.0 Å². The van der Waals surface area contributed by atoms with E-state index in [4.69, 9.17) is 0 Å². The standard InChI is InChI=1S/C18H24N2O5S/c1-3-4-7-11-19-16(21)15(10-12-26(2,24)25)20-17(22)13-8-5-6-9-14(13)18(20)23/h5-6,8-9,15H,3-4,7,10-12H2,1-2H3,(H,19,21)/t15-/m0/s1. The maximum Gasteiger partial charge on any atom is 0.262 e. The van der Waals surface area contributed by atoms with Crippen molar-refractivity contribution in [1.29, 1.82) is 0 Å². The number of imide groups is 1. The topological polar surface area (TPSA) is 101 Å². The summed E-state index contributed by atoms with van der Waals surface area (Å²) in [6.07, 6.45) is 3.66. The van der Waals surface area contributed by atoms with E-state index >= 15 is 0 Å². The Labute approximate surface area is 153 Å². The predicted molar refractivity (Wildman–Crippen MR) is 97.6 cm³/mol. The number of hydrogen-bond acceptors (Lipinski definition) is 5. The fraction of sp³-hybridized carbons (Fsp3) is 0.500. The van der Waals surface area contributed by atoms with Gasteiger partial charge in [0.25, 0.3) is 11.8 Å². The number of carbonyl (C=O) groups excluding carboxylic acids is 3. The number of hydrogen-bond donors (Lipinski definition) is 1. The highest BCUT2D eigenvalue weighted by molar-refractivity contribution is 7.90. The minimum atomic E-state index is -3.34. The van der Waals surface area contributed by atoms with Gasteiger partial charge in [-0.1, -0.05) is 31.9 Å². The minimum absolute atomic E-state index is 0.121. The molecule has 3 amide bonds. The average molecular weight is 380 g/mol. The van der Waals surface area contributed by atoms with Crippen LogP contribution in [0.25, 0.3) is 0 Å². The third kappa shape index (κ3) is 4.69. The van der Waals surface area contributed by atoms with Crippen molar-refractivity contribution in [2.24, 2.45) is 0 Å². The van der Waals surface area contributed by atoms with Gasteiger partial charge in [-0.25, -0.2) is 8.42 Å². The van der Waals surface area contributed by atoms with E-state index < -0.39 is 33.6 Å². The number of carbonyl (C=O) groups is 3. The Kier molecular flexibility index (Phi) is 6.52. The molecule has 0 aliphatic carbocycles. The molecule has 1 heterocycles. The van der Waals surface area contributed by atoms with Gasteiger partial charge < -0.3 is 5.32 Å². The van der Waals surface area contributed by atoms with Crippen molar-refractivity contribution in [3.05, 3.63) is 35.4 Å². The maximum absolute atomic E-state index is 12.6. The summed E-state index contributed by atoms with van der Waals surface area (Å²) in [5.74, 6) is -1.91. The average Bonchev–Trinajstić information content (AvgIpc) is 2.83. The summed E-state index contributed by atoms with van der Waals surface area (Å²) in [7, 11) is -3.34. The number of fused-ring (bicyclic) bond motifs is 1. The lowest BCUT2D eigenvalue weighted by molar-refractivity contribution is -0.125. The molecule has 1 N–H and O–H groups in total. The van der Waals surface area contributed by atoms with Gasteiger partial charge in [0.15, 0.2) is 0 Å². The van der Waals surface area contributed by atoms with Crippen LogP contribution in [-0.4, -0.2) is 55.6 Å². The molecule has 1 aromatic carbocycles. The van der Waals surface area contributed by atoms with Gasteiger partial charge in [0.2, 0.25) is 5.91 Å². The van der Waals surface area contributed by atoms with Crippen LogP contribution in [0.1, 0.15) is 53.3 Å². The van der Waals surface area contributed by atoms with Crippen molar-refractivity contribution in [1.82, 2.24) is 10.2 Å². The van der Waals surface area contributed by atoms with Crippen LogP contribution in [0.2, 0.25) is 0 Å². The highest BCUT2D eigenvalue weighted by atomic mass is 32.2. The molecule has 2 rings (SSSR count). The quantitative estimate of drug-likeness (QED) is 0.515. The summed E-state index contributed by atoms with van der Waals surface area (Å²) in [6.45, 7) is 2.46. The Balaban J connectivity index is 2.22. The van der Waals surface area contributed by atoms with Gasteiger partial charge >= 0.3 is 0 Å². The molecule has 0 aromatic heterocycles. The number of unbranched alkanes of at least 4 members (excludes halogenated alkanes) is 2. The normalized spacial score (nSPS) is 15.1. The molecule has 142 valence electrons. The molecule has 0 saturated heterocycles. The summed E-state index contributed by atoms with van der Waals surface area (Å²) >= 11 is 0. The fourth-order valence-electron chi connectivity index (χ4n) is 2.90. The number of nitrogens with one attached hydrogen (secondary N) is 1. The molecule has 1 aliphatic heterocycles. The van der Waals surface area contributed by atoms with Crippen LogP contribution >= 0.6 is 0 Å². The van der Waals surface area contributed by atoms with E-state index in [1.807, 2.05) is 6.92 Å². The molecule has 0 unspecified atom stereocenters. The van der Waals surface area contributed by atoms with Gasteiger partial charge in [-0.15, -0.1) is 0 Å². The lowest BCUT2D eigenvalue weighted by Crippen LogP contribution is -2.50. The Morgan fingerprint density at radius 3 is 2.19 bits per heavy atom. The van der Waals surface area contributed by atoms with Crippen LogP contribution in [0.4, 0.5) is 0 Å². The Morgan fingerprint density at radius 2 is 1.69 bits per heavy atom. The number of rotatable bonds is 9. The molecule has 0 radical (unpaired) electrons. The van der Waals surface area contributed by atoms with Gasteiger partial charge in [-0.2, -0.15) is 0 Å². The van der Waals surface area contributed by atoms with Crippen LogP contribution < -0.4 is 5.32 Å². The summed E-state index contributed by atoms with van der Waals surface area (Å²) in [5, 5.41) is 2.72. The molecule has 7 nitrogen and oxygen atoms in total. The SMILES string of the molecule is CCCCCNC(=O)[C@H](CCS(C)(=O)=O)N1C(=O)c2ccccc2C1=O. The summed E-state index contributed by atoms with van der Waals surface area (Å²) in [4.78, 5) is 38.8. The molecule has 0 fully saturated rings. The summed E-state index contributed by atoms with van der Waals surface area (Å²) < 4.78 is 23.1. The lowest BCUT2D eigenvalue weighted by Gasteiger charge is -2.25. The smallest absolute Gasteiger partial charge is 0.262 e. The zero-order valence-corrected chi connectivity index (χ0v) is 15.8. The van der Waals surface area contributed by atoms with E-state index in [0.717, 1.165) is 30.4 Å². The van der Waals surface area contributed by atoms with E-state index in [9.17, 15) is 22.8 Å². The zero-order chi connectivity index (χ0) is 19.3. The second-order valence-corrected chi connectivity index (χ2v) is 8.72. The van der Waals surface area contributed by atoms with Crippen LogP contribution in [-0.2, 0) is 14.6 Å². The van der Waals surface area contributed by atoms with Gasteiger partial charge in [0.1, 0.15) is 15.9 Å². The van der Waals surface area contributed by atoms with Crippen LogP contribution in [0.15, 0.2) is 24.3 Å². The van der Waals surface area contributed by atoms with E-state index in [2.05, 4.69) is 5.32 Å². The zero-order valence-electron chi connectivity index (χ0n) is 15.0. The number of nitrogens with zero attached hydrogens (tertiary/aromatic N) is 1. The van der Waals surface area contributed by atoms with Gasteiger partial charge in [-0.3, -0.25) is 19.3 Å². The molecule has 0 spiro atoms. The third-order valence-corrected chi connectivity index (χ3v) is 5.26. The van der Waals surface area contributed by atoms with Crippen molar-refractivity contribution in [3.63, 3.8) is 0 Å². The highest BCUT2D eigenvalue weighted by Gasteiger charge is 2.42. The number of benzene rings is 1. The van der Waals surface area contributed by atoms with E-state index in [1.165, 1.54) is 12.1 Å². The predicted octanol–water partition coefficient (Wildman–Crippen LogP) is 1.39. The van der Waals surface area contributed by atoms with Crippen LogP contribution in [0.5, 0.6) is 0 Å². The van der Waals surface area contributed by atoms with Gasteiger partial charge in [0, 0.05) is 12.8 Å². The van der Waals surface area contributed by atoms with Crippen LogP contribution in [0, 0.1) is 0 Å². The lowest BCUT2D eigenvalue weighted by atomic mass is 10.1. The van der Waals surface area contributed by atoms with E-state index in [-0.39, 0.29) is 23.3 Å². The maximum atomic E-state index is 12.6. The van der Waals surface area contributed by atoms with Crippen molar-refractivity contribution in [3.8, 4) is 0 Å². The molecule has 1 aromatic rings. The van der Waals surface area contributed by atoms with E-state index in [0.29, 0.717) is 6.54 Å². The molecular weight excluding hydrogens is 356 g/mol. The first-order valence-corrected chi connectivity index (χ1v) is 10.7. The van der Waals surface area contributed by atoms with Crippen molar-refractivity contribution in [2.45, 2.75) is 38.6 Å². The largest absolute Gasteiger partial charge is 0.354 e. The first-order chi connectivity index (χ1) is 12.3. The highest BCUT2D eigenvalue weighted by Crippen LogP contribution is 2.25. The third-order valence-electron chi connectivity index (χ3n) is 4.28. The molecule has 8 heteroatoms. The molecule has 0 bridgehead atoms. The molecule has 0 saturated carbocycles. The number of amides is 3. The van der Waals surface area contributed by atoms with Crippen molar-refractivity contribution in [2.75, 3.05) is 18.6 Å². The van der Waals surface area contributed by atoms with Crippen molar-refractivity contribution >= 4 is 27.6 Å². The van der Waals surface area contributed by atoms with E-state index in [1.54, 1.807) is 12.1 Å². The first-order valence-electron chi connectivity index (χ1n) is 8.68. The molecule has 1 aliphatic rings. The monoisotopic (exact) mass is 380 g/mol. The van der Waals surface area contributed by atoms with Gasteiger partial charge in [0.05, 0.1) is 16.9 Å². The Morgan fingerprint density at radius 1 is 1.12 bits per heavy atom. The first kappa shape index (κ1) is 20.1. The summed E-state index contributed by atoms with van der Waals surface area (Å²) in [5.41, 5.74) is 0.473. The molecule has 26 heavy (non-hydrogen) atoms. The second kappa shape index (κ2) is 8.44. The molecule has 1 atom stereocenters. The minimum Gasteiger partial charge on any atom is -0.354 e. The summed E-state index contributed by atoms with van der Waals surface area (Å²) in [6, 6.07) is 5.21. The number of sulfone groups is 1. The Hall–Kier alpha value is -2.22. The fourth-order valence-corrected chi connectivity index (χ4v) is 3.55. The second-order valence-electron chi connectivity index (χ2n) is 6.46. The Bertz CT molecular complexity index is 769. The van der Waals surface area contributed by atoms with Crippen LogP contribution in [0.3, 0.4) is 0 Å². The molecular formula is C18H24N2O5S. The van der Waals surface area contributed by atoms with Crippen molar-refractivity contribution < 1.29 is 22.8 Å².